The van der Waals surface area contributed by atoms with Gasteiger partial charge in [-0.3, -0.25) is 0 Å². The zero-order chi connectivity index (χ0) is 10.6. The maximum Gasteiger partial charge on any atom is 0.344 e. The lowest BCUT2D eigenvalue weighted by Crippen LogP contribution is -2.28. The first-order chi connectivity index (χ1) is 6.58. The maximum absolute atomic E-state index is 10.9. The average molecular weight is 197 g/mol. The highest BCUT2D eigenvalue weighted by Crippen LogP contribution is 1.99. The van der Waals surface area contributed by atoms with Crippen molar-refractivity contribution in [3.8, 4) is 0 Å². The molecule has 0 saturated carbocycles. The summed E-state index contributed by atoms with van der Waals surface area (Å²) in [4.78, 5) is 18.1. The minimum atomic E-state index is -0.624. The second-order valence-corrected chi connectivity index (χ2v) is 2.58. The Morgan fingerprint density at radius 3 is 2.93 bits per heavy atom. The lowest BCUT2D eigenvalue weighted by molar-refractivity contribution is 0.247. The normalized spacial score (nSPS) is 9.50. The molecule has 0 spiro atoms. The second kappa shape index (κ2) is 4.26. The molecule has 0 unspecified atom stereocenters. The van der Waals surface area contributed by atoms with Crippen LogP contribution in [-0.2, 0) is 6.54 Å². The molecule has 14 heavy (non-hydrogen) atoms. The fourth-order valence-corrected chi connectivity index (χ4v) is 0.792. The topological polar surface area (TPSA) is 120 Å². The number of hydrogen-bond donors (Lipinski definition) is 3. The Hall–Kier alpha value is -2.05. The summed E-state index contributed by atoms with van der Waals surface area (Å²) < 4.78 is 4.98. The van der Waals surface area contributed by atoms with Gasteiger partial charge in [-0.05, 0) is 6.92 Å². The number of aromatic nitrogens is 1. The smallest absolute Gasteiger partial charge is 0.344 e. The van der Waals surface area contributed by atoms with E-state index >= 15 is 0 Å². The van der Waals surface area contributed by atoms with Crippen molar-refractivity contribution in [2.45, 2.75) is 13.5 Å². The molecule has 0 saturated heterocycles. The highest BCUT2D eigenvalue weighted by molar-refractivity contribution is 5.90. The molecule has 0 atom stereocenters. The van der Waals surface area contributed by atoms with Crippen LogP contribution in [0.1, 0.15) is 11.6 Å². The third kappa shape index (κ3) is 3.13. The molecule has 1 aromatic rings. The van der Waals surface area contributed by atoms with Crippen molar-refractivity contribution < 1.29 is 9.21 Å². The van der Waals surface area contributed by atoms with Crippen LogP contribution >= 0.6 is 0 Å². The first-order valence-corrected chi connectivity index (χ1v) is 3.86. The van der Waals surface area contributed by atoms with Gasteiger partial charge in [0.1, 0.15) is 6.26 Å². The summed E-state index contributed by atoms with van der Waals surface area (Å²) in [5, 5.41) is 2.40. The zero-order valence-corrected chi connectivity index (χ0v) is 7.65. The second-order valence-electron chi connectivity index (χ2n) is 2.58. The molecule has 7 heteroatoms. The van der Waals surface area contributed by atoms with Crippen LogP contribution in [0.4, 0.5) is 4.79 Å². The summed E-state index contributed by atoms with van der Waals surface area (Å²) in [6.45, 7) is 1.94. The maximum atomic E-state index is 10.9. The van der Waals surface area contributed by atoms with Crippen molar-refractivity contribution in [2.75, 3.05) is 0 Å². The van der Waals surface area contributed by atoms with Crippen LogP contribution in [0.15, 0.2) is 15.7 Å². The average Bonchev–Trinajstić information content (AvgIpc) is 2.47. The van der Waals surface area contributed by atoms with Crippen LogP contribution in [0.5, 0.6) is 0 Å². The van der Waals surface area contributed by atoms with Crippen LogP contribution in [-0.4, -0.2) is 17.0 Å². The van der Waals surface area contributed by atoms with Gasteiger partial charge in [0.15, 0.2) is 5.96 Å². The van der Waals surface area contributed by atoms with Crippen LogP contribution in [0.2, 0.25) is 0 Å². The molecular formula is C7H11N5O2. The first kappa shape index (κ1) is 10.0. The van der Waals surface area contributed by atoms with E-state index in [2.05, 4.69) is 15.3 Å². The molecular weight excluding hydrogens is 186 g/mol. The van der Waals surface area contributed by atoms with E-state index in [1.165, 1.54) is 6.26 Å². The van der Waals surface area contributed by atoms with E-state index in [0.717, 1.165) is 5.69 Å². The summed E-state index contributed by atoms with van der Waals surface area (Å²) >= 11 is 0. The van der Waals surface area contributed by atoms with E-state index in [9.17, 15) is 4.79 Å². The Bertz CT molecular complexity index is 353. The number of aliphatic imine (C=N–C) groups is 1. The summed E-state index contributed by atoms with van der Waals surface area (Å²) in [5.74, 6) is 0.118. The fraction of sp³-hybridized carbons (Fsp3) is 0.286. The minimum absolute atomic E-state index is 0.156. The highest BCUT2D eigenvalue weighted by atomic mass is 16.3. The first-order valence-electron chi connectivity index (χ1n) is 3.86. The van der Waals surface area contributed by atoms with Crippen LogP contribution in [0.3, 0.4) is 0 Å². The third-order valence-electron chi connectivity index (χ3n) is 1.29. The van der Waals surface area contributed by atoms with Crippen LogP contribution in [0, 0.1) is 6.92 Å². The predicted octanol–water partition coefficient (Wildman–Crippen LogP) is -0.534. The van der Waals surface area contributed by atoms with Crippen molar-refractivity contribution in [3.05, 3.63) is 17.8 Å². The standard InChI is InChI=1S/C7H11N5O2/c1-4-3-14-5(11-4)2-10-7(13)12-6(8)9/h3H,2H2,1H3,(H5,8,9,10,12,13). The van der Waals surface area contributed by atoms with E-state index in [0.29, 0.717) is 5.89 Å². The molecule has 2 amide bonds. The summed E-state index contributed by atoms with van der Waals surface area (Å²) in [6, 6.07) is -0.624. The number of aryl methyl sites for hydroxylation is 1. The molecule has 0 aromatic carbocycles. The largest absolute Gasteiger partial charge is 0.447 e. The molecule has 1 aromatic heterocycles. The van der Waals surface area contributed by atoms with Gasteiger partial charge in [-0.2, -0.15) is 4.99 Å². The Labute approximate surface area is 80.2 Å². The van der Waals surface area contributed by atoms with Crippen molar-refractivity contribution >= 4 is 12.0 Å². The van der Waals surface area contributed by atoms with Gasteiger partial charge in [0.2, 0.25) is 5.89 Å². The molecule has 0 fully saturated rings. The number of amides is 2. The third-order valence-corrected chi connectivity index (χ3v) is 1.29. The molecule has 7 nitrogen and oxygen atoms in total. The van der Waals surface area contributed by atoms with E-state index < -0.39 is 6.03 Å². The van der Waals surface area contributed by atoms with Crippen LogP contribution < -0.4 is 16.8 Å². The Kier molecular flexibility index (Phi) is 3.05. The van der Waals surface area contributed by atoms with Crippen molar-refractivity contribution in [2.24, 2.45) is 16.5 Å². The number of oxazole rings is 1. The van der Waals surface area contributed by atoms with Gasteiger partial charge >= 0.3 is 6.03 Å². The molecule has 1 heterocycles. The summed E-state index contributed by atoms with van der Waals surface area (Å²) in [5.41, 5.74) is 10.7. The van der Waals surface area contributed by atoms with Gasteiger partial charge < -0.3 is 21.2 Å². The molecule has 0 bridgehead atoms. The van der Waals surface area contributed by atoms with E-state index in [1.54, 1.807) is 6.92 Å². The molecule has 0 aliphatic heterocycles. The summed E-state index contributed by atoms with van der Waals surface area (Å²) in [6.07, 6.45) is 1.49. The number of nitrogens with one attached hydrogen (secondary N) is 1. The van der Waals surface area contributed by atoms with Crippen LogP contribution in [0.25, 0.3) is 0 Å². The van der Waals surface area contributed by atoms with Gasteiger partial charge in [-0.25, -0.2) is 9.78 Å². The molecule has 5 N–H and O–H groups in total. The number of carbonyl (C=O) groups excluding carboxylic acids is 1. The number of hydrogen-bond acceptors (Lipinski definition) is 3. The van der Waals surface area contributed by atoms with Crippen molar-refractivity contribution in [1.29, 1.82) is 0 Å². The lowest BCUT2D eigenvalue weighted by atomic mass is 10.6. The number of nitrogens with two attached hydrogens (primary N) is 2. The van der Waals surface area contributed by atoms with Gasteiger partial charge in [0, 0.05) is 0 Å². The van der Waals surface area contributed by atoms with Gasteiger partial charge in [0.05, 0.1) is 12.2 Å². The van der Waals surface area contributed by atoms with Gasteiger partial charge in [-0.1, -0.05) is 0 Å². The Morgan fingerprint density at radius 2 is 2.43 bits per heavy atom. The molecule has 1 rings (SSSR count). The van der Waals surface area contributed by atoms with Crippen molar-refractivity contribution in [1.82, 2.24) is 10.3 Å². The fourth-order valence-electron chi connectivity index (χ4n) is 0.792. The minimum Gasteiger partial charge on any atom is -0.447 e. The molecule has 76 valence electrons. The molecule has 0 aliphatic carbocycles. The van der Waals surface area contributed by atoms with E-state index in [1.807, 2.05) is 0 Å². The number of guanidine groups is 1. The van der Waals surface area contributed by atoms with E-state index in [4.69, 9.17) is 15.9 Å². The van der Waals surface area contributed by atoms with Gasteiger partial charge in [-0.15, -0.1) is 0 Å². The number of carbonyl (C=O) groups is 1. The SMILES string of the molecule is Cc1coc(CNC(=O)N=C(N)N)n1. The number of nitrogens with zero attached hydrogens (tertiary/aromatic N) is 2. The van der Waals surface area contributed by atoms with Gasteiger partial charge in [0.25, 0.3) is 0 Å². The molecule has 0 aliphatic rings. The highest BCUT2D eigenvalue weighted by Gasteiger charge is 2.03. The van der Waals surface area contributed by atoms with Crippen molar-refractivity contribution in [3.63, 3.8) is 0 Å². The predicted molar refractivity (Wildman–Crippen MR) is 49.3 cm³/mol. The van der Waals surface area contributed by atoms with E-state index in [-0.39, 0.29) is 12.5 Å². The number of rotatable bonds is 2. The summed E-state index contributed by atoms with van der Waals surface area (Å²) in [7, 11) is 0. The number of urea groups is 1. The monoisotopic (exact) mass is 197 g/mol. The Balaban J connectivity index is 2.41. The molecule has 0 radical (unpaired) electrons. The quantitative estimate of drug-likeness (QED) is 0.434. The lowest BCUT2D eigenvalue weighted by Gasteiger charge is -1.96. The zero-order valence-electron chi connectivity index (χ0n) is 7.65. The Morgan fingerprint density at radius 1 is 1.71 bits per heavy atom.